The molecule has 4 aromatic carbocycles. The van der Waals surface area contributed by atoms with Crippen LogP contribution < -0.4 is 28.1 Å². The van der Waals surface area contributed by atoms with Gasteiger partial charge in [-0.2, -0.15) is 0 Å². The van der Waals surface area contributed by atoms with Crippen molar-refractivity contribution in [3.63, 3.8) is 0 Å². The van der Waals surface area contributed by atoms with Gasteiger partial charge in [0.25, 0.3) is 11.9 Å². The number of rotatable bonds is 21. The third kappa shape index (κ3) is 21.5. The van der Waals surface area contributed by atoms with Gasteiger partial charge in [-0.25, -0.2) is 28.8 Å². The molecule has 13 heterocycles. The number of nitro groups is 1. The molecule has 12 aromatic heterocycles. The van der Waals surface area contributed by atoms with E-state index in [-0.39, 0.29) is 92.6 Å². The molecule has 5 aliphatic rings. The van der Waals surface area contributed by atoms with E-state index in [1.54, 1.807) is 90.9 Å². The maximum atomic E-state index is 13.4. The summed E-state index contributed by atoms with van der Waals surface area (Å²) >= 11 is 3.68. The monoisotopic (exact) mass is 1970 g/mol. The number of carboxylic acid groups (broad SMARTS) is 2. The Morgan fingerprint density at radius 3 is 1.22 bits per heavy atom. The quantitative estimate of drug-likeness (QED) is 0.0150. The number of carboxylic acids is 2. The molecule has 1 aliphatic heterocycles. The summed E-state index contributed by atoms with van der Waals surface area (Å²) in [5.41, 5.74) is 11.9. The number of aliphatic carboxylic acids is 2. The number of pyridine rings is 8. The fourth-order valence-electron chi connectivity index (χ4n) is 16.7. The minimum absolute atomic E-state index is 0. The van der Waals surface area contributed by atoms with Crippen LogP contribution in [0.4, 0.5) is 0 Å². The predicted molar refractivity (Wildman–Crippen MR) is 502 cm³/mol. The second-order valence-electron chi connectivity index (χ2n) is 32.4. The zero-order valence-corrected chi connectivity index (χ0v) is 76.6. The number of aromatic nitrogens is 16. The minimum atomic E-state index is -0.833. The van der Waals surface area contributed by atoms with E-state index in [1.807, 2.05) is 135 Å². The number of hydrogen-bond donors (Lipinski definition) is 3. The van der Waals surface area contributed by atoms with E-state index in [0.717, 1.165) is 180 Å². The SMILES string of the molecule is C=CC(=O)OC.CC(=O)O.CC(=O)O.COC(=O)/C=C/c1c(Cn2c(=O)n(C3CC3)c3ccncc32)ncc2ccccc12.COC(=O)CC(C[N+](=O)[O-])c1c(Cn2c(=O)n(C3CC3)c3ccncc32)ncc2ccccc12.O=C1CC(c2c(Cn3c(=O)n(C4CC4)c4ccncc43)ncc3ccccc23)CN1.O=c1n(Cc2ncc3ccccc3c2Br)c2cnccc2n1C1CC1.[Pd]. The van der Waals surface area contributed by atoms with E-state index in [0.29, 0.717) is 54.6 Å². The van der Waals surface area contributed by atoms with Gasteiger partial charge < -0.3 is 29.7 Å². The van der Waals surface area contributed by atoms with Crippen molar-refractivity contribution < 1.29 is 78.5 Å². The standard InChI is InChI=1S/C24H23N5O5.C23H21N5O2.C23H20N4O3.C19H15BrN4O.C4H6O2.2C2H4O2.Pd/c1-34-22(30)10-16(13-28(32)33)23-18-5-3-2-4-15(18)11-26-19(23)14-27-21-12-25-9-8-20(21)29(24(27)31)17-6-7-17;29-21-9-15(11-26-21)22-17-4-2-1-3-14(17)10-25-18(22)13-27-20-12-24-8-7-19(20)28(23(27)30)16-5-6-16;1-30-22(28)9-8-18-17-5-3-2-4-15(17)12-25-19(18)14-26-21-13-24-11-10-20(21)27(23(26)29)16-6-7-16;20-18-14-4-2-1-3-12(14)9-22-15(18)11-23-17-10-21-8-7-16(17)24(19(23)25)13-5-6-13;1-3-4(5)6-2;2*1-2(3)4;/h2-5,8-9,11-12,16-17H,6-7,10,13-14H2,1H3;1-4,7-8,10,12,15-16H,5-6,9,11,13H2,(H,26,29);2-5,8-13,16H,6-7,14H2,1H3;1-4,7-10,13H,5-6,11H2;3H,1H2,2H3;2*1H3,(H,3,4);/b;;9-8+;;;;;. The third-order valence-corrected chi connectivity index (χ3v) is 24.2. The van der Waals surface area contributed by atoms with Crippen molar-refractivity contribution in [2.45, 2.75) is 140 Å². The number of esters is 3. The van der Waals surface area contributed by atoms with Crippen LogP contribution in [0.2, 0.25) is 0 Å². The fourth-order valence-corrected chi connectivity index (χ4v) is 17.3. The topological polar surface area (TPSA) is 437 Å². The first-order valence-corrected chi connectivity index (χ1v) is 43.8. The van der Waals surface area contributed by atoms with Gasteiger partial charge in [0.05, 0.1) is 152 Å². The van der Waals surface area contributed by atoms with Gasteiger partial charge in [-0.1, -0.05) is 104 Å². The van der Waals surface area contributed by atoms with Gasteiger partial charge in [-0.3, -0.25) is 106 Å². The first-order chi connectivity index (χ1) is 64.4. The van der Waals surface area contributed by atoms with Gasteiger partial charge in [-0.05, 0) is 130 Å². The molecule has 4 saturated carbocycles. The first kappa shape index (κ1) is 95.1. The van der Waals surface area contributed by atoms with Crippen molar-refractivity contribution in [1.82, 2.24) is 81.7 Å². The van der Waals surface area contributed by atoms with Crippen LogP contribution in [-0.4, -0.2) is 162 Å². The number of ether oxygens (including phenoxy) is 3. The zero-order valence-electron chi connectivity index (χ0n) is 73.5. The second-order valence-corrected chi connectivity index (χ2v) is 33.2. The van der Waals surface area contributed by atoms with E-state index in [9.17, 15) is 48.5 Å². The Kier molecular flexibility index (Phi) is 30.2. The Morgan fingerprint density at radius 2 is 0.836 bits per heavy atom. The Balaban J connectivity index is 0.000000137. The van der Waals surface area contributed by atoms with Crippen LogP contribution in [0.25, 0.3) is 93.3 Å². The predicted octanol–water partition coefficient (Wildman–Crippen LogP) is 13.5. The number of amides is 1. The van der Waals surface area contributed by atoms with Crippen LogP contribution in [0.5, 0.6) is 0 Å². The first-order valence-electron chi connectivity index (χ1n) is 43.0. The minimum Gasteiger partial charge on any atom is -0.481 e. The average molecular weight is 1970 g/mol. The van der Waals surface area contributed by atoms with E-state index in [4.69, 9.17) is 34.3 Å². The van der Waals surface area contributed by atoms with Gasteiger partial charge in [0.2, 0.25) is 12.5 Å². The number of imidazole rings is 4. The van der Waals surface area contributed by atoms with Gasteiger partial charge in [0.15, 0.2) is 0 Å². The molecule has 37 heteroatoms. The molecule has 0 bridgehead atoms. The molecule has 35 nitrogen and oxygen atoms in total. The maximum Gasteiger partial charge on any atom is 0.330 e. The van der Waals surface area contributed by atoms with Crippen LogP contribution in [0.15, 0.2) is 238 Å². The summed E-state index contributed by atoms with van der Waals surface area (Å²) in [7, 11) is 3.91. The molecule has 690 valence electrons. The van der Waals surface area contributed by atoms with Crippen LogP contribution in [0.1, 0.15) is 154 Å². The number of benzene rings is 4. The molecule has 5 fully saturated rings. The van der Waals surface area contributed by atoms with E-state index in [1.165, 1.54) is 27.4 Å². The molecular weight excluding hydrogens is 1880 g/mol. The van der Waals surface area contributed by atoms with Crippen LogP contribution in [0.3, 0.4) is 0 Å². The Labute approximate surface area is 785 Å². The number of nitrogens with one attached hydrogen (secondary N) is 1. The summed E-state index contributed by atoms with van der Waals surface area (Å²) in [6.07, 6.45) is 33.6. The van der Waals surface area contributed by atoms with Crippen molar-refractivity contribution in [2.75, 3.05) is 34.4 Å². The van der Waals surface area contributed by atoms with Crippen LogP contribution >= 0.6 is 15.9 Å². The molecule has 3 N–H and O–H groups in total. The normalized spacial score (nSPS) is 14.4. The Morgan fingerprint density at radius 1 is 0.485 bits per heavy atom. The van der Waals surface area contributed by atoms with Gasteiger partial charge in [0.1, 0.15) is 0 Å². The summed E-state index contributed by atoms with van der Waals surface area (Å²) in [5, 5.41) is 37.1. The maximum absolute atomic E-state index is 13.4. The molecule has 4 aliphatic carbocycles. The third-order valence-electron chi connectivity index (χ3n) is 23.3. The summed E-state index contributed by atoms with van der Waals surface area (Å²) < 4.78 is 29.0. The van der Waals surface area contributed by atoms with Crippen LogP contribution in [-0.2, 0) is 89.6 Å². The molecule has 2 unspecified atom stereocenters. The summed E-state index contributed by atoms with van der Waals surface area (Å²) in [6, 6.07) is 40.1. The number of carbonyl (C=O) groups is 6. The molecule has 1 amide bonds. The Hall–Kier alpha value is -15.0. The molecule has 0 radical (unpaired) electrons. The number of methoxy groups -OCH3 is 3. The number of hydrogen-bond acceptors (Lipinski definition) is 23. The fraction of sp³-hybridized carbons (Fsp3) is 0.278. The molecule has 0 spiro atoms. The van der Waals surface area contributed by atoms with Crippen molar-refractivity contribution in [3.05, 3.63) is 310 Å². The number of halogens is 1. The average Bonchev–Trinajstić information content (AvgIpc) is 1.56. The van der Waals surface area contributed by atoms with Crippen molar-refractivity contribution >= 4 is 145 Å². The molecule has 1 saturated heterocycles. The van der Waals surface area contributed by atoms with Gasteiger partial charge >= 0.3 is 40.7 Å². The zero-order chi connectivity index (χ0) is 93.8. The number of carbonyl (C=O) groups excluding carboxylic acids is 4. The Bertz CT molecular complexity index is 7480. The van der Waals surface area contributed by atoms with Crippen LogP contribution in [0, 0.1) is 10.1 Å². The molecule has 2 atom stereocenters. The van der Waals surface area contributed by atoms with Gasteiger partial charge in [-0.15, -0.1) is 0 Å². The summed E-state index contributed by atoms with van der Waals surface area (Å²) in [4.78, 5) is 163. The van der Waals surface area contributed by atoms with Crippen molar-refractivity contribution in [1.29, 1.82) is 0 Å². The smallest absolute Gasteiger partial charge is 0.330 e. The van der Waals surface area contributed by atoms with Gasteiger partial charge in [0, 0.05) is 176 Å². The summed E-state index contributed by atoms with van der Waals surface area (Å²) in [6.45, 7) is 6.64. The molecule has 21 rings (SSSR count). The largest absolute Gasteiger partial charge is 0.481 e. The number of fused-ring (bicyclic) bond motifs is 8. The number of nitrogens with zero attached hydrogens (tertiary/aromatic N) is 17. The molecule has 134 heavy (non-hydrogen) atoms. The van der Waals surface area contributed by atoms with E-state index >= 15 is 0 Å². The van der Waals surface area contributed by atoms with E-state index in [2.05, 4.69) is 79.6 Å². The van der Waals surface area contributed by atoms with Crippen molar-refractivity contribution in [3.8, 4) is 0 Å². The van der Waals surface area contributed by atoms with E-state index < -0.39 is 47.2 Å². The summed E-state index contributed by atoms with van der Waals surface area (Å²) in [5.74, 6) is -3.70. The second kappa shape index (κ2) is 42.5. The molecule has 16 aromatic rings. The molecular formula is C97H93BrN18O17Pd. The van der Waals surface area contributed by atoms with Crippen molar-refractivity contribution in [2.24, 2.45) is 0 Å².